The Bertz CT molecular complexity index is 540. The number of aliphatic imine (C=N–C) groups is 1. The highest BCUT2D eigenvalue weighted by Gasteiger charge is 2.40. The smallest absolute Gasteiger partial charge is 0.360 e. The van der Waals surface area contributed by atoms with Crippen molar-refractivity contribution >= 4 is 11.8 Å². The van der Waals surface area contributed by atoms with Crippen molar-refractivity contribution in [1.29, 1.82) is 0 Å². The molecule has 0 aliphatic carbocycles. The van der Waals surface area contributed by atoms with Crippen LogP contribution in [-0.4, -0.2) is 34.1 Å². The molecule has 1 rings (SSSR count). The average Bonchev–Trinajstić information content (AvgIpc) is 3.08. The maximum absolute atomic E-state index is 11.3. The van der Waals surface area contributed by atoms with Crippen molar-refractivity contribution in [3.8, 4) is 0 Å². The molecule has 1 heterocycles. The zero-order valence-corrected chi connectivity index (χ0v) is 18.8. The van der Waals surface area contributed by atoms with Crippen molar-refractivity contribution in [1.82, 2.24) is 0 Å². The molecule has 0 aromatic carbocycles. The molecule has 2 unspecified atom stereocenters. The normalized spacial score (nSPS) is 19.8. The van der Waals surface area contributed by atoms with E-state index in [1.165, 1.54) is 64.2 Å². The number of quaternary nitrogens is 1. The van der Waals surface area contributed by atoms with Crippen molar-refractivity contribution in [2.24, 2.45) is 10.7 Å². The van der Waals surface area contributed by atoms with E-state index < -0.39 is 5.97 Å². The Morgan fingerprint density at radius 3 is 2.14 bits per heavy atom. The zero-order chi connectivity index (χ0) is 21.4. The first-order chi connectivity index (χ1) is 14.0. The number of hydrogen-bond acceptors (Lipinski definition) is 3. The second kappa shape index (κ2) is 15.4. The summed E-state index contributed by atoms with van der Waals surface area (Å²) in [6.45, 7) is 4.08. The maximum Gasteiger partial charge on any atom is 0.360 e. The molecular formula is C24H44N3O2+. The highest BCUT2D eigenvalue weighted by molar-refractivity contribution is 5.81. The number of carbonyl (C=O) groups is 1. The van der Waals surface area contributed by atoms with Crippen LogP contribution >= 0.6 is 0 Å². The molecule has 0 bridgehead atoms. The van der Waals surface area contributed by atoms with Crippen LogP contribution < -0.4 is 5.73 Å². The summed E-state index contributed by atoms with van der Waals surface area (Å²) >= 11 is 0. The Balaban J connectivity index is 2.07. The Kier molecular flexibility index (Phi) is 13.6. The zero-order valence-electron chi connectivity index (χ0n) is 18.8. The summed E-state index contributed by atoms with van der Waals surface area (Å²) in [4.78, 5) is 15.7. The summed E-state index contributed by atoms with van der Waals surface area (Å²) in [6, 6.07) is 0. The second-order valence-electron chi connectivity index (χ2n) is 8.40. The van der Waals surface area contributed by atoms with E-state index in [0.29, 0.717) is 0 Å². The van der Waals surface area contributed by atoms with Gasteiger partial charge in [-0.25, -0.2) is 14.3 Å². The van der Waals surface area contributed by atoms with Crippen molar-refractivity contribution in [2.75, 3.05) is 6.54 Å². The summed E-state index contributed by atoms with van der Waals surface area (Å²) in [5.74, 6) is 0.0171. The first-order valence-electron chi connectivity index (χ1n) is 11.8. The lowest BCUT2D eigenvalue weighted by atomic mass is 10.1. The Morgan fingerprint density at radius 2 is 1.59 bits per heavy atom. The third-order valence-corrected chi connectivity index (χ3v) is 5.82. The minimum atomic E-state index is -0.849. The van der Waals surface area contributed by atoms with Crippen LogP contribution in [0.3, 0.4) is 0 Å². The number of nitrogens with two attached hydrogens (primary N) is 1. The minimum absolute atomic E-state index is 0.0401. The van der Waals surface area contributed by atoms with Gasteiger partial charge in [0.15, 0.2) is 6.54 Å². The van der Waals surface area contributed by atoms with Crippen molar-refractivity contribution in [3.63, 3.8) is 0 Å². The topological polar surface area (TPSA) is 75.7 Å². The number of hydrogen-bond donors (Lipinski definition) is 2. The highest BCUT2D eigenvalue weighted by Crippen LogP contribution is 2.23. The number of allylic oxidation sites excluding steroid dienone is 2. The Hall–Kier alpha value is -1.46. The van der Waals surface area contributed by atoms with Crippen LogP contribution in [0.2, 0.25) is 0 Å². The van der Waals surface area contributed by atoms with Gasteiger partial charge in [-0.1, -0.05) is 76.9 Å². The lowest BCUT2D eigenvalue weighted by Gasteiger charge is -2.34. The highest BCUT2D eigenvalue weighted by atomic mass is 16.4. The molecule has 29 heavy (non-hydrogen) atoms. The van der Waals surface area contributed by atoms with Gasteiger partial charge < -0.3 is 5.11 Å². The largest absolute Gasteiger partial charge is 0.477 e. The van der Waals surface area contributed by atoms with Crippen LogP contribution in [0.1, 0.15) is 104 Å². The SMILES string of the molecule is CCCCCCCCCCCC/C=C/CCCC1=NC=C[N+]1(CC(=O)O)C(C)N. The van der Waals surface area contributed by atoms with E-state index in [-0.39, 0.29) is 17.2 Å². The molecule has 0 aromatic rings. The molecule has 0 saturated heterocycles. The van der Waals surface area contributed by atoms with Crippen LogP contribution in [0, 0.1) is 0 Å². The fourth-order valence-electron chi connectivity index (χ4n) is 3.95. The van der Waals surface area contributed by atoms with E-state index in [4.69, 9.17) is 5.73 Å². The number of unbranched alkanes of at least 4 members (excludes halogenated alkanes) is 11. The molecule has 2 atom stereocenters. The van der Waals surface area contributed by atoms with Gasteiger partial charge in [0.1, 0.15) is 12.4 Å². The van der Waals surface area contributed by atoms with E-state index in [1.807, 2.05) is 13.1 Å². The van der Waals surface area contributed by atoms with E-state index in [1.54, 1.807) is 6.20 Å². The Morgan fingerprint density at radius 1 is 1.03 bits per heavy atom. The number of amidine groups is 1. The van der Waals surface area contributed by atoms with Crippen LogP contribution in [0.4, 0.5) is 0 Å². The van der Waals surface area contributed by atoms with Crippen LogP contribution in [0.15, 0.2) is 29.5 Å². The third-order valence-electron chi connectivity index (χ3n) is 5.82. The quantitative estimate of drug-likeness (QED) is 0.164. The van der Waals surface area contributed by atoms with Gasteiger partial charge >= 0.3 is 5.97 Å². The average molecular weight is 407 g/mol. The van der Waals surface area contributed by atoms with E-state index in [0.717, 1.165) is 31.5 Å². The Labute approximate surface area is 178 Å². The molecule has 3 N–H and O–H groups in total. The van der Waals surface area contributed by atoms with E-state index in [2.05, 4.69) is 24.1 Å². The molecule has 0 radical (unpaired) electrons. The first-order valence-corrected chi connectivity index (χ1v) is 11.8. The molecule has 0 saturated carbocycles. The molecule has 0 spiro atoms. The van der Waals surface area contributed by atoms with Crippen LogP contribution in [0.5, 0.6) is 0 Å². The second-order valence-corrected chi connectivity index (χ2v) is 8.40. The number of carboxylic acids is 1. The molecule has 1 aliphatic heterocycles. The van der Waals surface area contributed by atoms with Gasteiger partial charge in [-0.15, -0.1) is 0 Å². The van der Waals surface area contributed by atoms with Gasteiger partial charge in [0.05, 0.1) is 6.20 Å². The van der Waals surface area contributed by atoms with Crippen molar-refractivity contribution < 1.29 is 14.4 Å². The molecule has 0 aromatic heterocycles. The molecule has 5 nitrogen and oxygen atoms in total. The van der Waals surface area contributed by atoms with Crippen LogP contribution in [0.25, 0.3) is 0 Å². The summed E-state index contributed by atoms with van der Waals surface area (Å²) in [6.07, 6.45) is 25.4. The van der Waals surface area contributed by atoms with Gasteiger partial charge in [0, 0.05) is 13.3 Å². The van der Waals surface area contributed by atoms with Gasteiger partial charge in [-0.05, 0) is 25.7 Å². The number of nitrogens with zero attached hydrogens (tertiary/aromatic N) is 2. The molecular weight excluding hydrogens is 362 g/mol. The monoisotopic (exact) mass is 406 g/mol. The summed E-state index contributed by atoms with van der Waals surface area (Å²) < 4.78 is 0.150. The molecule has 0 amide bonds. The number of aliphatic carboxylic acids is 1. The van der Waals surface area contributed by atoms with Gasteiger partial charge in [0.25, 0.3) is 0 Å². The standard InChI is InChI=1S/C24H43N3O2/c1-3-4-5-6-7-8-9-10-11-12-13-14-15-16-17-18-23-26-19-20-27(23,22(2)25)21-24(28)29/h14-15,19-20,22H,3-13,16-18,21,25H2,1-2H3/p+1/b15-14+. The lowest BCUT2D eigenvalue weighted by Crippen LogP contribution is -2.59. The molecule has 1 aliphatic rings. The number of carboxylic acid groups (broad SMARTS) is 1. The van der Waals surface area contributed by atoms with Gasteiger partial charge in [-0.2, -0.15) is 0 Å². The molecule has 166 valence electrons. The number of rotatable bonds is 18. The molecule has 0 fully saturated rings. The third kappa shape index (κ3) is 10.2. The van der Waals surface area contributed by atoms with Gasteiger partial charge in [-0.3, -0.25) is 5.73 Å². The maximum atomic E-state index is 11.3. The summed E-state index contributed by atoms with van der Waals surface area (Å²) in [5.41, 5.74) is 6.09. The molecule has 5 heteroatoms. The summed E-state index contributed by atoms with van der Waals surface area (Å²) in [7, 11) is 0. The lowest BCUT2D eigenvalue weighted by molar-refractivity contribution is -0.805. The predicted molar refractivity (Wildman–Crippen MR) is 122 cm³/mol. The van der Waals surface area contributed by atoms with Crippen LogP contribution in [-0.2, 0) is 4.79 Å². The first kappa shape index (κ1) is 25.6. The van der Waals surface area contributed by atoms with E-state index >= 15 is 0 Å². The van der Waals surface area contributed by atoms with Crippen molar-refractivity contribution in [3.05, 3.63) is 24.6 Å². The fourth-order valence-corrected chi connectivity index (χ4v) is 3.95. The minimum Gasteiger partial charge on any atom is -0.477 e. The summed E-state index contributed by atoms with van der Waals surface area (Å²) in [5, 5.41) is 9.24. The predicted octanol–water partition coefficient (Wildman–Crippen LogP) is 6.11. The van der Waals surface area contributed by atoms with Gasteiger partial charge in [0.2, 0.25) is 5.84 Å². The van der Waals surface area contributed by atoms with Crippen molar-refractivity contribution in [2.45, 2.75) is 110 Å². The fraction of sp³-hybridized carbons (Fsp3) is 0.750. The van der Waals surface area contributed by atoms with E-state index in [9.17, 15) is 9.90 Å².